The lowest BCUT2D eigenvalue weighted by molar-refractivity contribution is -0.132. The first-order valence-corrected chi connectivity index (χ1v) is 16.1. The number of hydrogen-bond donors (Lipinski definition) is 1. The summed E-state index contributed by atoms with van der Waals surface area (Å²) in [6, 6.07) is 16.5. The van der Waals surface area contributed by atoms with Crippen LogP contribution in [0.25, 0.3) is 0 Å². The number of carbonyl (C=O) groups is 3. The Kier molecular flexibility index (Phi) is 8.50. The fourth-order valence-electron chi connectivity index (χ4n) is 6.52. The maximum atomic E-state index is 13.6. The third kappa shape index (κ3) is 6.72. The Hall–Kier alpha value is -3.60. The molecular weight excluding hydrogens is 558 g/mol. The van der Waals surface area contributed by atoms with E-state index in [1.807, 2.05) is 51.1 Å². The van der Waals surface area contributed by atoms with Gasteiger partial charge in [0.2, 0.25) is 5.91 Å². The molecule has 5 atom stereocenters. The van der Waals surface area contributed by atoms with Gasteiger partial charge in [-0.1, -0.05) is 48.5 Å². The van der Waals surface area contributed by atoms with E-state index in [-0.39, 0.29) is 47.0 Å². The van der Waals surface area contributed by atoms with Crippen LogP contribution in [0.4, 0.5) is 9.59 Å². The van der Waals surface area contributed by atoms with Gasteiger partial charge in [-0.25, -0.2) is 18.0 Å². The summed E-state index contributed by atoms with van der Waals surface area (Å²) in [6.07, 6.45) is -0.0874. The van der Waals surface area contributed by atoms with E-state index >= 15 is 0 Å². The highest BCUT2D eigenvalue weighted by Gasteiger charge is 2.54. The lowest BCUT2D eigenvalue weighted by atomic mass is 9.92. The summed E-state index contributed by atoms with van der Waals surface area (Å²) in [6.45, 7) is 6.77. The topological polar surface area (TPSA) is 122 Å². The summed E-state index contributed by atoms with van der Waals surface area (Å²) in [5.41, 5.74) is 0.201. The molecule has 2 aliphatic heterocycles. The van der Waals surface area contributed by atoms with E-state index in [9.17, 15) is 22.8 Å². The van der Waals surface area contributed by atoms with E-state index in [1.165, 1.54) is 0 Å². The third-order valence-electron chi connectivity index (χ3n) is 8.39. The summed E-state index contributed by atoms with van der Waals surface area (Å²) in [5, 5.41) is 2.70. The molecule has 1 aliphatic carbocycles. The fourth-order valence-corrected chi connectivity index (χ4v) is 8.26. The van der Waals surface area contributed by atoms with Crippen molar-refractivity contribution in [3.63, 3.8) is 0 Å². The zero-order valence-corrected chi connectivity index (χ0v) is 25.1. The van der Waals surface area contributed by atoms with Crippen LogP contribution in [-0.4, -0.2) is 79.4 Å². The van der Waals surface area contributed by atoms with E-state index in [4.69, 9.17) is 9.47 Å². The summed E-state index contributed by atoms with van der Waals surface area (Å²) in [4.78, 5) is 42.5. The van der Waals surface area contributed by atoms with Crippen LogP contribution in [0.2, 0.25) is 0 Å². The van der Waals surface area contributed by atoms with Crippen LogP contribution in [0.5, 0.6) is 0 Å². The predicted octanol–water partition coefficient (Wildman–Crippen LogP) is 3.86. The summed E-state index contributed by atoms with van der Waals surface area (Å²) in [5.74, 6) is -0.805. The molecule has 3 amide bonds. The quantitative estimate of drug-likeness (QED) is 0.514. The second-order valence-corrected chi connectivity index (χ2v) is 14.5. The molecule has 10 nitrogen and oxygen atoms in total. The van der Waals surface area contributed by atoms with E-state index < -0.39 is 33.7 Å². The van der Waals surface area contributed by atoms with Gasteiger partial charge in [-0.15, -0.1) is 0 Å². The van der Waals surface area contributed by atoms with Crippen LogP contribution in [0.3, 0.4) is 0 Å². The molecule has 2 heterocycles. The van der Waals surface area contributed by atoms with Crippen LogP contribution in [0.15, 0.2) is 65.6 Å². The summed E-state index contributed by atoms with van der Waals surface area (Å²) >= 11 is 0. The molecule has 0 bridgehead atoms. The lowest BCUT2D eigenvalue weighted by Crippen LogP contribution is -2.48. The van der Waals surface area contributed by atoms with Crippen molar-refractivity contribution in [2.45, 2.75) is 62.8 Å². The molecule has 2 aromatic rings. The SMILES string of the molecule is CC(C)(C)OC(=O)N1CC2CC(N3CCC(NC(=O)OCc4ccccc4)C3=O)C(CS(=O)(=O)c3ccccc3)C2C1. The van der Waals surface area contributed by atoms with Crippen LogP contribution in [0, 0.1) is 17.8 Å². The minimum atomic E-state index is -3.66. The Morgan fingerprint density at radius 2 is 1.67 bits per heavy atom. The van der Waals surface area contributed by atoms with Crippen molar-refractivity contribution in [2.75, 3.05) is 25.4 Å². The lowest BCUT2D eigenvalue weighted by Gasteiger charge is -2.33. The number of ether oxygens (including phenoxy) is 2. The number of likely N-dealkylation sites (tertiary alicyclic amines) is 2. The van der Waals surface area contributed by atoms with E-state index in [2.05, 4.69) is 5.32 Å². The first-order valence-electron chi connectivity index (χ1n) is 14.4. The van der Waals surface area contributed by atoms with Crippen LogP contribution >= 0.6 is 0 Å². The molecule has 3 aliphatic rings. The Morgan fingerprint density at radius 1 is 1.00 bits per heavy atom. The van der Waals surface area contributed by atoms with Gasteiger partial charge >= 0.3 is 12.2 Å². The molecule has 2 aromatic carbocycles. The zero-order chi connectivity index (χ0) is 30.1. The van der Waals surface area contributed by atoms with Crippen molar-refractivity contribution < 1.29 is 32.3 Å². The van der Waals surface area contributed by atoms with Crippen LogP contribution in [-0.2, 0) is 30.7 Å². The van der Waals surface area contributed by atoms with Gasteiger partial charge in [-0.2, -0.15) is 0 Å². The largest absolute Gasteiger partial charge is 0.445 e. The molecule has 5 rings (SSSR count). The van der Waals surface area contributed by atoms with Crippen molar-refractivity contribution in [3.8, 4) is 0 Å². The first-order chi connectivity index (χ1) is 19.9. The highest BCUT2D eigenvalue weighted by atomic mass is 32.2. The highest BCUT2D eigenvalue weighted by molar-refractivity contribution is 7.91. The Morgan fingerprint density at radius 3 is 2.33 bits per heavy atom. The molecule has 5 unspecified atom stereocenters. The predicted molar refractivity (Wildman–Crippen MR) is 155 cm³/mol. The highest BCUT2D eigenvalue weighted by Crippen LogP contribution is 2.46. The number of nitrogens with zero attached hydrogens (tertiary/aromatic N) is 2. The average molecular weight is 598 g/mol. The summed E-state index contributed by atoms with van der Waals surface area (Å²) < 4.78 is 38.0. The molecule has 0 aromatic heterocycles. The number of nitrogens with one attached hydrogen (secondary N) is 1. The molecule has 1 saturated carbocycles. The number of sulfone groups is 1. The van der Waals surface area contributed by atoms with Crippen molar-refractivity contribution in [3.05, 3.63) is 66.2 Å². The number of fused-ring (bicyclic) bond motifs is 1. The Balaban J connectivity index is 1.29. The summed E-state index contributed by atoms with van der Waals surface area (Å²) in [7, 11) is -3.66. The van der Waals surface area contributed by atoms with Crippen molar-refractivity contribution in [2.24, 2.45) is 17.8 Å². The van der Waals surface area contributed by atoms with Gasteiger partial charge in [0.15, 0.2) is 9.84 Å². The van der Waals surface area contributed by atoms with Gasteiger partial charge in [0, 0.05) is 25.7 Å². The molecule has 11 heteroatoms. The molecule has 3 fully saturated rings. The molecule has 42 heavy (non-hydrogen) atoms. The average Bonchev–Trinajstić information content (AvgIpc) is 3.61. The number of benzene rings is 2. The number of alkyl carbamates (subject to hydrolysis) is 1. The number of rotatable bonds is 7. The molecular formula is C31H39N3O7S. The molecule has 1 N–H and O–H groups in total. The van der Waals surface area contributed by atoms with Crippen LogP contribution < -0.4 is 5.32 Å². The fraction of sp³-hybridized carbons (Fsp3) is 0.516. The van der Waals surface area contributed by atoms with Crippen LogP contribution in [0.1, 0.15) is 39.2 Å². The second-order valence-electron chi connectivity index (χ2n) is 12.4. The zero-order valence-electron chi connectivity index (χ0n) is 24.3. The van der Waals surface area contributed by atoms with Gasteiger partial charge in [-0.3, -0.25) is 4.79 Å². The van der Waals surface area contributed by atoms with Gasteiger partial charge in [0.1, 0.15) is 18.2 Å². The number of hydrogen-bond acceptors (Lipinski definition) is 7. The minimum Gasteiger partial charge on any atom is -0.445 e. The molecule has 2 saturated heterocycles. The van der Waals surface area contributed by atoms with Gasteiger partial charge in [0.05, 0.1) is 10.6 Å². The van der Waals surface area contributed by atoms with E-state index in [0.717, 1.165) is 5.56 Å². The molecule has 0 spiro atoms. The van der Waals surface area contributed by atoms with Crippen molar-refractivity contribution in [1.29, 1.82) is 0 Å². The Labute approximate surface area is 247 Å². The molecule has 226 valence electrons. The van der Waals surface area contributed by atoms with E-state index in [0.29, 0.717) is 32.5 Å². The molecule has 0 radical (unpaired) electrons. The smallest absolute Gasteiger partial charge is 0.410 e. The number of carbonyl (C=O) groups excluding carboxylic acids is 3. The minimum absolute atomic E-state index is 0.0362. The number of amides is 3. The standard InChI is InChI=1S/C31H39N3O7S/c1-31(2,3)41-30(37)33-17-22-16-27(25(24(22)18-33)20-42(38,39)23-12-8-5-9-13-23)34-15-14-26(28(34)35)32-29(36)40-19-21-10-6-4-7-11-21/h4-13,22,24-27H,14-20H2,1-3H3,(H,32,36). The van der Waals surface area contributed by atoms with Gasteiger partial charge in [0.25, 0.3) is 0 Å². The van der Waals surface area contributed by atoms with Gasteiger partial charge < -0.3 is 24.6 Å². The van der Waals surface area contributed by atoms with Crippen molar-refractivity contribution in [1.82, 2.24) is 15.1 Å². The van der Waals surface area contributed by atoms with E-state index in [1.54, 1.807) is 40.1 Å². The second kappa shape index (κ2) is 11.9. The van der Waals surface area contributed by atoms with Gasteiger partial charge in [-0.05, 0) is 69.1 Å². The normalized spacial score (nSPS) is 25.8. The maximum absolute atomic E-state index is 13.6. The maximum Gasteiger partial charge on any atom is 0.410 e. The monoisotopic (exact) mass is 597 g/mol. The van der Waals surface area contributed by atoms with Crippen molar-refractivity contribution >= 4 is 27.9 Å². The first kappa shape index (κ1) is 29.9. The third-order valence-corrected chi connectivity index (χ3v) is 10.2. The Bertz CT molecular complexity index is 1390.